The smallest absolute Gasteiger partial charge is 0.243 e. The van der Waals surface area contributed by atoms with Crippen molar-refractivity contribution >= 4 is 23.6 Å². The lowest BCUT2D eigenvalue weighted by atomic mass is 9.85. The van der Waals surface area contributed by atoms with Crippen molar-refractivity contribution in [1.29, 1.82) is 0 Å². The zero-order valence-electron chi connectivity index (χ0n) is 23.1. The van der Waals surface area contributed by atoms with E-state index in [9.17, 15) is 19.2 Å². The Bertz CT molecular complexity index is 1200. The zero-order chi connectivity index (χ0) is 27.9. The Hall–Kier alpha value is -3.74. The molecule has 7 nitrogen and oxygen atoms in total. The molecule has 1 N–H and O–H groups in total. The van der Waals surface area contributed by atoms with Crippen LogP contribution in [0.1, 0.15) is 56.2 Å². The summed E-state index contributed by atoms with van der Waals surface area (Å²) in [6.45, 7) is 6.22. The SMILES string of the molecule is CCC(C)NC(=O)C(Cc1ccccc1)N(Cc1cccc(C)c1)C(=O)CCN1C(=O)[C@H]2CC=CC[C@H]2C1=O. The number of likely N-dealkylation sites (tertiary alicyclic amines) is 1. The standard InChI is InChI=1S/C32H39N3O4/c1-4-23(3)33-30(37)28(20-24-12-6-5-7-13-24)35(21-25-14-10-11-22(2)19-25)29(36)17-18-34-31(38)26-15-8-9-16-27(26)32(34)39/h5-14,19,23,26-28H,4,15-18,20-21H2,1-3H3,(H,33,37)/t23?,26-,27+,28?. The number of imide groups is 1. The van der Waals surface area contributed by atoms with E-state index in [1.807, 2.05) is 87.5 Å². The van der Waals surface area contributed by atoms with Gasteiger partial charge < -0.3 is 10.2 Å². The highest BCUT2D eigenvalue weighted by molar-refractivity contribution is 6.05. The summed E-state index contributed by atoms with van der Waals surface area (Å²) in [5, 5.41) is 3.07. The van der Waals surface area contributed by atoms with E-state index in [1.165, 1.54) is 4.90 Å². The number of amides is 4. The van der Waals surface area contributed by atoms with Gasteiger partial charge in [0, 0.05) is 32.0 Å². The summed E-state index contributed by atoms with van der Waals surface area (Å²) < 4.78 is 0. The van der Waals surface area contributed by atoms with E-state index in [0.29, 0.717) is 19.3 Å². The largest absolute Gasteiger partial charge is 0.352 e. The summed E-state index contributed by atoms with van der Waals surface area (Å²) in [4.78, 5) is 56.4. The summed E-state index contributed by atoms with van der Waals surface area (Å²) in [6, 6.07) is 16.8. The molecule has 7 heteroatoms. The molecule has 0 spiro atoms. The van der Waals surface area contributed by atoms with Crippen molar-refractivity contribution in [2.75, 3.05) is 6.54 Å². The minimum absolute atomic E-state index is 0.0266. The van der Waals surface area contributed by atoms with Gasteiger partial charge in [-0.3, -0.25) is 24.1 Å². The van der Waals surface area contributed by atoms with Gasteiger partial charge in [-0.05, 0) is 44.2 Å². The number of nitrogens with zero attached hydrogens (tertiary/aromatic N) is 2. The number of allylic oxidation sites excluding steroid dienone is 2. The van der Waals surface area contributed by atoms with E-state index in [1.54, 1.807) is 4.90 Å². The Balaban J connectivity index is 1.59. The van der Waals surface area contributed by atoms with Crippen molar-refractivity contribution in [2.24, 2.45) is 11.8 Å². The molecule has 206 valence electrons. The van der Waals surface area contributed by atoms with E-state index in [-0.39, 0.29) is 61.0 Å². The van der Waals surface area contributed by atoms with Crippen molar-refractivity contribution < 1.29 is 19.2 Å². The first kappa shape index (κ1) is 28.3. The van der Waals surface area contributed by atoms with Crippen molar-refractivity contribution in [2.45, 2.75) is 71.5 Å². The summed E-state index contributed by atoms with van der Waals surface area (Å²) >= 11 is 0. The fraction of sp³-hybridized carbons (Fsp3) is 0.438. The van der Waals surface area contributed by atoms with Crippen molar-refractivity contribution in [3.05, 3.63) is 83.4 Å². The van der Waals surface area contributed by atoms with E-state index < -0.39 is 6.04 Å². The molecule has 1 aliphatic heterocycles. The maximum atomic E-state index is 13.9. The maximum Gasteiger partial charge on any atom is 0.243 e. The van der Waals surface area contributed by atoms with Crippen molar-refractivity contribution in [1.82, 2.24) is 15.1 Å². The summed E-state index contributed by atoms with van der Waals surface area (Å²) in [5.41, 5.74) is 2.93. The number of rotatable bonds is 11. The minimum atomic E-state index is -0.744. The van der Waals surface area contributed by atoms with Gasteiger partial charge in [-0.15, -0.1) is 0 Å². The number of hydrogen-bond donors (Lipinski definition) is 1. The lowest BCUT2D eigenvalue weighted by molar-refractivity contribution is -0.144. The molecule has 2 aromatic rings. The second-order valence-electron chi connectivity index (χ2n) is 10.8. The van der Waals surface area contributed by atoms with Gasteiger partial charge in [-0.2, -0.15) is 0 Å². The molecular formula is C32H39N3O4. The Kier molecular flexibility index (Phi) is 9.33. The quantitative estimate of drug-likeness (QED) is 0.349. The van der Waals surface area contributed by atoms with Crippen LogP contribution in [0.3, 0.4) is 0 Å². The number of nitrogens with one attached hydrogen (secondary N) is 1. The van der Waals surface area contributed by atoms with Crippen LogP contribution in [0, 0.1) is 18.8 Å². The average molecular weight is 530 g/mol. The highest BCUT2D eigenvalue weighted by Gasteiger charge is 2.47. The Morgan fingerprint density at radius 2 is 1.62 bits per heavy atom. The van der Waals surface area contributed by atoms with Crippen molar-refractivity contribution in [3.8, 4) is 0 Å². The number of aryl methyl sites for hydroxylation is 1. The second kappa shape index (κ2) is 12.9. The normalized spacial score (nSPS) is 19.9. The predicted molar refractivity (Wildman–Crippen MR) is 150 cm³/mol. The van der Waals surface area contributed by atoms with Gasteiger partial charge in [0.25, 0.3) is 0 Å². The molecule has 1 heterocycles. The molecule has 1 aliphatic carbocycles. The van der Waals surface area contributed by atoms with Gasteiger partial charge in [-0.25, -0.2) is 0 Å². The van der Waals surface area contributed by atoms with Gasteiger partial charge in [-0.1, -0.05) is 79.2 Å². The Morgan fingerprint density at radius 1 is 0.974 bits per heavy atom. The van der Waals surface area contributed by atoms with Crippen LogP contribution in [0.4, 0.5) is 0 Å². The fourth-order valence-corrected chi connectivity index (χ4v) is 5.44. The third-order valence-electron chi connectivity index (χ3n) is 7.86. The average Bonchev–Trinajstić information content (AvgIpc) is 3.18. The van der Waals surface area contributed by atoms with E-state index in [4.69, 9.17) is 0 Å². The zero-order valence-corrected chi connectivity index (χ0v) is 23.1. The molecule has 2 aromatic carbocycles. The third-order valence-corrected chi connectivity index (χ3v) is 7.86. The Morgan fingerprint density at radius 3 is 2.23 bits per heavy atom. The van der Waals surface area contributed by atoms with Crippen LogP contribution >= 0.6 is 0 Å². The minimum Gasteiger partial charge on any atom is -0.352 e. The van der Waals surface area contributed by atoms with Gasteiger partial charge in [0.1, 0.15) is 6.04 Å². The summed E-state index contributed by atoms with van der Waals surface area (Å²) in [5.74, 6) is -1.50. The monoisotopic (exact) mass is 529 g/mol. The van der Waals surface area contributed by atoms with Crippen LogP contribution < -0.4 is 5.32 Å². The molecule has 0 radical (unpaired) electrons. The van der Waals surface area contributed by atoms with Crippen LogP contribution in [0.25, 0.3) is 0 Å². The third kappa shape index (κ3) is 6.83. The highest BCUT2D eigenvalue weighted by Crippen LogP contribution is 2.35. The summed E-state index contributed by atoms with van der Waals surface area (Å²) in [7, 11) is 0. The maximum absolute atomic E-state index is 13.9. The number of fused-ring (bicyclic) bond motifs is 1. The first-order valence-electron chi connectivity index (χ1n) is 14.0. The van der Waals surface area contributed by atoms with Gasteiger partial charge >= 0.3 is 0 Å². The van der Waals surface area contributed by atoms with Gasteiger partial charge in [0.15, 0.2) is 0 Å². The number of hydrogen-bond acceptors (Lipinski definition) is 4. The molecule has 0 aromatic heterocycles. The molecule has 4 rings (SSSR count). The van der Waals surface area contributed by atoms with Gasteiger partial charge in [0.05, 0.1) is 11.8 Å². The molecule has 0 saturated carbocycles. The second-order valence-corrected chi connectivity index (χ2v) is 10.8. The van der Waals surface area contributed by atoms with Gasteiger partial charge in [0.2, 0.25) is 23.6 Å². The Labute approximate surface area is 231 Å². The van der Waals surface area contributed by atoms with Crippen molar-refractivity contribution in [3.63, 3.8) is 0 Å². The van der Waals surface area contributed by atoms with E-state index >= 15 is 0 Å². The molecule has 0 bridgehead atoms. The molecule has 4 atom stereocenters. The lowest BCUT2D eigenvalue weighted by Gasteiger charge is -2.33. The molecule has 1 fully saturated rings. The fourth-order valence-electron chi connectivity index (χ4n) is 5.44. The molecule has 2 unspecified atom stereocenters. The molecule has 2 aliphatic rings. The van der Waals surface area contributed by atoms with E-state index in [2.05, 4.69) is 5.32 Å². The molecular weight excluding hydrogens is 490 g/mol. The molecule has 39 heavy (non-hydrogen) atoms. The number of benzene rings is 2. The first-order valence-corrected chi connectivity index (χ1v) is 14.0. The molecule has 4 amide bonds. The summed E-state index contributed by atoms with van der Waals surface area (Å²) in [6.07, 6.45) is 6.13. The first-order chi connectivity index (χ1) is 18.8. The lowest BCUT2D eigenvalue weighted by Crippen LogP contribution is -2.52. The van der Waals surface area contributed by atoms with Crippen LogP contribution in [-0.4, -0.2) is 52.1 Å². The van der Waals surface area contributed by atoms with Crippen LogP contribution in [-0.2, 0) is 32.1 Å². The highest BCUT2D eigenvalue weighted by atomic mass is 16.2. The van der Waals surface area contributed by atoms with Crippen LogP contribution in [0.2, 0.25) is 0 Å². The van der Waals surface area contributed by atoms with E-state index in [0.717, 1.165) is 23.1 Å². The number of carbonyl (C=O) groups is 4. The predicted octanol–water partition coefficient (Wildman–Crippen LogP) is 4.19. The molecule has 1 saturated heterocycles. The van der Waals surface area contributed by atoms with Crippen LogP contribution in [0.15, 0.2) is 66.7 Å². The number of carbonyl (C=O) groups excluding carboxylic acids is 4. The van der Waals surface area contributed by atoms with Crippen LogP contribution in [0.5, 0.6) is 0 Å². The topological polar surface area (TPSA) is 86.8 Å².